The molecule has 2 fully saturated rings. The molecule has 6 heteroatoms. The van der Waals surface area contributed by atoms with Gasteiger partial charge in [0.15, 0.2) is 5.17 Å². The van der Waals surface area contributed by atoms with E-state index < -0.39 is 0 Å². The number of nitrogens with zero attached hydrogens (tertiary/aromatic N) is 2. The molecule has 0 spiro atoms. The molecule has 19 heavy (non-hydrogen) atoms. The fourth-order valence-corrected chi connectivity index (χ4v) is 3.53. The van der Waals surface area contributed by atoms with E-state index in [1.54, 1.807) is 11.8 Å². The summed E-state index contributed by atoms with van der Waals surface area (Å²) in [5.41, 5.74) is 0.0752. The zero-order chi connectivity index (χ0) is 13.9. The largest absolute Gasteiger partial charge is 0.378 e. The van der Waals surface area contributed by atoms with Crippen LogP contribution < -0.4 is 5.32 Å². The highest BCUT2D eigenvalue weighted by Gasteiger charge is 2.27. The average molecular weight is 285 g/mol. The summed E-state index contributed by atoms with van der Waals surface area (Å²) in [7, 11) is 0. The van der Waals surface area contributed by atoms with Gasteiger partial charge in [-0.3, -0.25) is 4.79 Å². The van der Waals surface area contributed by atoms with Crippen LogP contribution >= 0.6 is 11.8 Å². The minimum absolute atomic E-state index is 0.0752. The van der Waals surface area contributed by atoms with E-state index in [2.05, 4.69) is 24.2 Å². The van der Waals surface area contributed by atoms with Gasteiger partial charge >= 0.3 is 0 Å². The zero-order valence-corrected chi connectivity index (χ0v) is 12.8. The van der Waals surface area contributed by atoms with E-state index in [0.29, 0.717) is 26.3 Å². The van der Waals surface area contributed by atoms with Crippen molar-refractivity contribution in [2.45, 2.75) is 38.8 Å². The lowest BCUT2D eigenvalue weighted by Gasteiger charge is -2.33. The molecule has 1 atom stereocenters. The lowest BCUT2D eigenvalue weighted by atomic mass is 10.0. The Hall–Kier alpha value is -0.750. The normalized spacial score (nSPS) is 26.9. The molecule has 0 bridgehead atoms. The Morgan fingerprint density at radius 1 is 1.47 bits per heavy atom. The molecule has 2 rings (SSSR count). The number of hydrogen-bond donors (Lipinski definition) is 1. The summed E-state index contributed by atoms with van der Waals surface area (Å²) in [5, 5.41) is 4.29. The topological polar surface area (TPSA) is 53.9 Å². The Labute approximate surface area is 119 Å². The summed E-state index contributed by atoms with van der Waals surface area (Å²) in [6.07, 6.45) is 1.11. The first kappa shape index (κ1) is 14.7. The van der Waals surface area contributed by atoms with Crippen LogP contribution in [0.2, 0.25) is 0 Å². The first-order chi connectivity index (χ1) is 8.98. The highest BCUT2D eigenvalue weighted by Crippen LogP contribution is 2.22. The number of rotatable bonds is 2. The number of amides is 1. The molecule has 2 saturated heterocycles. The van der Waals surface area contributed by atoms with Gasteiger partial charge in [0, 0.05) is 24.4 Å². The SMILES string of the molecule is CC(N=C1NC(C)(C)CCS1)C(=O)N1CCOCC1. The van der Waals surface area contributed by atoms with Crippen LogP contribution in [0.1, 0.15) is 27.2 Å². The van der Waals surface area contributed by atoms with Gasteiger partial charge in [-0.2, -0.15) is 0 Å². The number of hydrogen-bond acceptors (Lipinski definition) is 4. The molecule has 2 heterocycles. The van der Waals surface area contributed by atoms with Crippen molar-refractivity contribution >= 4 is 22.8 Å². The van der Waals surface area contributed by atoms with Crippen molar-refractivity contribution in [1.29, 1.82) is 0 Å². The molecule has 1 unspecified atom stereocenters. The third kappa shape index (κ3) is 4.11. The number of morpholine rings is 1. The molecule has 0 radical (unpaired) electrons. The van der Waals surface area contributed by atoms with E-state index in [-0.39, 0.29) is 17.5 Å². The van der Waals surface area contributed by atoms with Gasteiger partial charge in [-0.1, -0.05) is 11.8 Å². The molecule has 1 amide bonds. The second-order valence-corrected chi connectivity index (χ2v) is 6.74. The van der Waals surface area contributed by atoms with Gasteiger partial charge in [0.05, 0.1) is 13.2 Å². The zero-order valence-electron chi connectivity index (χ0n) is 11.9. The van der Waals surface area contributed by atoms with Crippen LogP contribution in [0.25, 0.3) is 0 Å². The Balaban J connectivity index is 1.95. The van der Waals surface area contributed by atoms with E-state index in [1.165, 1.54) is 0 Å². The first-order valence-electron chi connectivity index (χ1n) is 6.83. The standard InChI is InChI=1S/C13H23N3O2S/c1-10(11(17)16-5-7-18-8-6-16)14-12-15-13(2,3)4-9-19-12/h10H,4-9H2,1-3H3,(H,14,15). The molecule has 1 N–H and O–H groups in total. The van der Waals surface area contributed by atoms with Crippen molar-refractivity contribution in [3.05, 3.63) is 0 Å². The molecular formula is C13H23N3O2S. The van der Waals surface area contributed by atoms with Crippen molar-refractivity contribution in [3.8, 4) is 0 Å². The maximum atomic E-state index is 12.3. The van der Waals surface area contributed by atoms with Gasteiger partial charge in [-0.25, -0.2) is 4.99 Å². The minimum Gasteiger partial charge on any atom is -0.378 e. The number of amidine groups is 1. The highest BCUT2D eigenvalue weighted by atomic mass is 32.2. The first-order valence-corrected chi connectivity index (χ1v) is 7.82. The van der Waals surface area contributed by atoms with E-state index in [9.17, 15) is 4.79 Å². The monoisotopic (exact) mass is 285 g/mol. The number of ether oxygens (including phenoxy) is 1. The summed E-state index contributed by atoms with van der Waals surface area (Å²) in [6.45, 7) is 8.83. The maximum Gasteiger partial charge on any atom is 0.247 e. The minimum atomic E-state index is -0.318. The number of carbonyl (C=O) groups is 1. The van der Waals surface area contributed by atoms with Gasteiger partial charge in [0.1, 0.15) is 6.04 Å². The summed E-state index contributed by atoms with van der Waals surface area (Å²) in [5.74, 6) is 1.15. The number of carbonyl (C=O) groups excluding carboxylic acids is 1. The third-order valence-electron chi connectivity index (χ3n) is 3.40. The van der Waals surface area contributed by atoms with Gasteiger partial charge in [-0.05, 0) is 27.2 Å². The van der Waals surface area contributed by atoms with Gasteiger partial charge in [-0.15, -0.1) is 0 Å². The van der Waals surface area contributed by atoms with Gasteiger partial charge < -0.3 is 15.0 Å². The molecule has 0 aliphatic carbocycles. The molecule has 0 saturated carbocycles. The quantitative estimate of drug-likeness (QED) is 0.825. The molecule has 5 nitrogen and oxygen atoms in total. The molecule has 2 aliphatic rings. The van der Waals surface area contributed by atoms with Crippen LogP contribution in [0, 0.1) is 0 Å². The van der Waals surface area contributed by atoms with E-state index in [1.807, 2.05) is 11.8 Å². The summed E-state index contributed by atoms with van der Waals surface area (Å²) >= 11 is 1.70. The van der Waals surface area contributed by atoms with Crippen LogP contribution in [-0.2, 0) is 9.53 Å². The van der Waals surface area contributed by atoms with Crippen molar-refractivity contribution in [3.63, 3.8) is 0 Å². The van der Waals surface area contributed by atoms with E-state index in [4.69, 9.17) is 4.74 Å². The van der Waals surface area contributed by atoms with Gasteiger partial charge in [0.25, 0.3) is 0 Å². The average Bonchev–Trinajstić information content (AvgIpc) is 2.37. The van der Waals surface area contributed by atoms with Crippen molar-refractivity contribution < 1.29 is 9.53 Å². The molecule has 0 aromatic heterocycles. The van der Waals surface area contributed by atoms with Crippen LogP contribution in [0.15, 0.2) is 4.99 Å². The predicted octanol–water partition coefficient (Wildman–Crippen LogP) is 1.09. The number of thioether (sulfide) groups is 1. The Bertz CT molecular complexity index is 365. The smallest absolute Gasteiger partial charge is 0.247 e. The summed E-state index contributed by atoms with van der Waals surface area (Å²) in [4.78, 5) is 18.6. The van der Waals surface area contributed by atoms with E-state index in [0.717, 1.165) is 17.3 Å². The van der Waals surface area contributed by atoms with Crippen LogP contribution in [-0.4, -0.2) is 59.6 Å². The molecule has 108 valence electrons. The molecule has 0 aromatic carbocycles. The summed E-state index contributed by atoms with van der Waals surface area (Å²) < 4.78 is 5.26. The van der Waals surface area contributed by atoms with Crippen molar-refractivity contribution in [2.24, 2.45) is 4.99 Å². The summed E-state index contributed by atoms with van der Waals surface area (Å²) in [6, 6.07) is -0.318. The molecule has 0 aromatic rings. The second kappa shape index (κ2) is 6.13. The van der Waals surface area contributed by atoms with E-state index >= 15 is 0 Å². The molecular weight excluding hydrogens is 262 g/mol. The Morgan fingerprint density at radius 3 is 2.79 bits per heavy atom. The number of aliphatic imine (C=N–C) groups is 1. The van der Waals surface area contributed by atoms with Crippen LogP contribution in [0.4, 0.5) is 0 Å². The van der Waals surface area contributed by atoms with Crippen LogP contribution in [0.3, 0.4) is 0 Å². The lowest BCUT2D eigenvalue weighted by Crippen LogP contribution is -2.48. The predicted molar refractivity (Wildman–Crippen MR) is 78.6 cm³/mol. The Morgan fingerprint density at radius 2 is 2.16 bits per heavy atom. The lowest BCUT2D eigenvalue weighted by molar-refractivity contribution is -0.136. The maximum absolute atomic E-state index is 12.3. The highest BCUT2D eigenvalue weighted by molar-refractivity contribution is 8.13. The van der Waals surface area contributed by atoms with Crippen molar-refractivity contribution in [2.75, 3.05) is 32.1 Å². The fourth-order valence-electron chi connectivity index (χ4n) is 2.14. The second-order valence-electron chi connectivity index (χ2n) is 5.66. The molecule has 2 aliphatic heterocycles. The Kier molecular flexibility index (Phi) is 4.73. The van der Waals surface area contributed by atoms with Crippen LogP contribution in [0.5, 0.6) is 0 Å². The third-order valence-corrected chi connectivity index (χ3v) is 4.29. The van der Waals surface area contributed by atoms with Gasteiger partial charge in [0.2, 0.25) is 5.91 Å². The number of nitrogens with one attached hydrogen (secondary N) is 1. The fraction of sp³-hybridized carbons (Fsp3) is 0.846. The van der Waals surface area contributed by atoms with Crippen molar-refractivity contribution in [1.82, 2.24) is 10.2 Å².